The average molecular weight is 454 g/mol. The van der Waals surface area contributed by atoms with Crippen LogP contribution in [0.4, 0.5) is 16.3 Å². The molecule has 0 aliphatic heterocycles. The summed E-state index contributed by atoms with van der Waals surface area (Å²) in [4.78, 5) is 27.4. The second kappa shape index (κ2) is 10.5. The van der Waals surface area contributed by atoms with Gasteiger partial charge in [-0.3, -0.25) is 4.79 Å². The van der Waals surface area contributed by atoms with Crippen LogP contribution < -0.4 is 10.6 Å². The summed E-state index contributed by atoms with van der Waals surface area (Å²) in [6, 6.07) is 29.9. The van der Waals surface area contributed by atoms with Gasteiger partial charge in [0.15, 0.2) is 0 Å². The zero-order valence-corrected chi connectivity index (χ0v) is 19.2. The van der Waals surface area contributed by atoms with E-state index in [2.05, 4.69) is 10.6 Å². The fourth-order valence-corrected chi connectivity index (χ4v) is 3.53. The van der Waals surface area contributed by atoms with Crippen molar-refractivity contribution in [2.75, 3.05) is 17.2 Å². The molecule has 7 heteroatoms. The van der Waals surface area contributed by atoms with Crippen LogP contribution in [0.3, 0.4) is 0 Å². The Morgan fingerprint density at radius 1 is 0.853 bits per heavy atom. The molecule has 0 saturated carbocycles. The van der Waals surface area contributed by atoms with E-state index in [0.717, 1.165) is 16.9 Å². The van der Waals surface area contributed by atoms with Gasteiger partial charge in [0.25, 0.3) is 0 Å². The summed E-state index contributed by atoms with van der Waals surface area (Å²) in [5, 5.41) is 10.5. The maximum atomic E-state index is 13.0. The molecule has 0 fully saturated rings. The SMILES string of the molecule is CC(C)N(CC(=O)Nc1cc(-c2ccccc2)nn1-c1ccccc1)C(=O)Nc1ccccc1. The van der Waals surface area contributed by atoms with Gasteiger partial charge >= 0.3 is 6.03 Å². The molecule has 0 spiro atoms. The van der Waals surface area contributed by atoms with Crippen LogP contribution in [0.15, 0.2) is 97.1 Å². The lowest BCUT2D eigenvalue weighted by molar-refractivity contribution is -0.117. The third-order valence-corrected chi connectivity index (χ3v) is 5.27. The molecule has 0 saturated heterocycles. The number of para-hydroxylation sites is 2. The number of amides is 3. The molecular formula is C27H27N5O2. The van der Waals surface area contributed by atoms with Crippen molar-refractivity contribution in [1.29, 1.82) is 0 Å². The molecule has 0 unspecified atom stereocenters. The van der Waals surface area contributed by atoms with Gasteiger partial charge in [-0.1, -0.05) is 66.7 Å². The largest absolute Gasteiger partial charge is 0.322 e. The summed E-state index contributed by atoms with van der Waals surface area (Å²) in [7, 11) is 0. The van der Waals surface area contributed by atoms with Crippen molar-refractivity contribution in [3.8, 4) is 16.9 Å². The molecule has 0 radical (unpaired) electrons. The van der Waals surface area contributed by atoms with Gasteiger partial charge < -0.3 is 15.5 Å². The quantitative estimate of drug-likeness (QED) is 0.392. The number of rotatable bonds is 7. The number of urea groups is 1. The Hall–Kier alpha value is -4.39. The molecule has 3 amide bonds. The molecule has 0 aliphatic rings. The fourth-order valence-electron chi connectivity index (χ4n) is 3.53. The van der Waals surface area contributed by atoms with Crippen molar-refractivity contribution in [3.63, 3.8) is 0 Å². The number of hydrogen-bond acceptors (Lipinski definition) is 3. The van der Waals surface area contributed by atoms with Crippen molar-refractivity contribution in [3.05, 3.63) is 97.1 Å². The number of hydrogen-bond donors (Lipinski definition) is 2. The van der Waals surface area contributed by atoms with E-state index in [1.165, 1.54) is 4.90 Å². The molecule has 7 nitrogen and oxygen atoms in total. The van der Waals surface area contributed by atoms with Crippen LogP contribution in [-0.2, 0) is 4.79 Å². The van der Waals surface area contributed by atoms with E-state index in [4.69, 9.17) is 5.10 Å². The van der Waals surface area contributed by atoms with E-state index in [9.17, 15) is 9.59 Å². The number of benzene rings is 3. The first-order valence-corrected chi connectivity index (χ1v) is 11.1. The van der Waals surface area contributed by atoms with Crippen molar-refractivity contribution < 1.29 is 9.59 Å². The normalized spacial score (nSPS) is 10.7. The lowest BCUT2D eigenvalue weighted by Gasteiger charge is -2.26. The summed E-state index contributed by atoms with van der Waals surface area (Å²) in [5.41, 5.74) is 3.18. The lowest BCUT2D eigenvalue weighted by Crippen LogP contribution is -2.44. The van der Waals surface area contributed by atoms with E-state index in [0.29, 0.717) is 11.5 Å². The summed E-state index contributed by atoms with van der Waals surface area (Å²) >= 11 is 0. The number of carbonyl (C=O) groups is 2. The highest BCUT2D eigenvalue weighted by Gasteiger charge is 2.22. The van der Waals surface area contributed by atoms with Gasteiger partial charge in [0, 0.05) is 23.4 Å². The predicted octanol–water partition coefficient (Wildman–Crippen LogP) is 5.42. The van der Waals surface area contributed by atoms with Gasteiger partial charge in [-0.05, 0) is 38.1 Å². The maximum absolute atomic E-state index is 13.0. The first-order chi connectivity index (χ1) is 16.5. The summed E-state index contributed by atoms with van der Waals surface area (Å²) in [6.07, 6.45) is 0. The monoisotopic (exact) mass is 453 g/mol. The van der Waals surface area contributed by atoms with Crippen LogP contribution in [0, 0.1) is 0 Å². The third kappa shape index (κ3) is 5.50. The number of nitrogens with one attached hydrogen (secondary N) is 2. The van der Waals surface area contributed by atoms with Gasteiger partial charge in [0.2, 0.25) is 5.91 Å². The molecule has 4 rings (SSSR count). The fraction of sp³-hybridized carbons (Fsp3) is 0.148. The van der Waals surface area contributed by atoms with Crippen LogP contribution in [-0.4, -0.2) is 39.2 Å². The smallest absolute Gasteiger partial charge is 0.313 e. The Balaban J connectivity index is 1.55. The Kier molecular flexibility index (Phi) is 7.03. The van der Waals surface area contributed by atoms with Gasteiger partial charge in [0.05, 0.1) is 11.4 Å². The Labute approximate surface area is 199 Å². The number of aromatic nitrogens is 2. The molecule has 1 heterocycles. The molecule has 34 heavy (non-hydrogen) atoms. The van der Waals surface area contributed by atoms with Crippen molar-refractivity contribution >= 4 is 23.4 Å². The van der Waals surface area contributed by atoms with Gasteiger partial charge in [-0.15, -0.1) is 0 Å². The Morgan fingerprint density at radius 3 is 2.06 bits per heavy atom. The van der Waals surface area contributed by atoms with E-state index in [1.807, 2.05) is 98.8 Å². The molecule has 0 bridgehead atoms. The minimum Gasteiger partial charge on any atom is -0.313 e. The van der Waals surface area contributed by atoms with E-state index < -0.39 is 0 Å². The topological polar surface area (TPSA) is 79.3 Å². The number of nitrogens with zero attached hydrogens (tertiary/aromatic N) is 3. The van der Waals surface area contributed by atoms with Crippen LogP contribution in [0.1, 0.15) is 13.8 Å². The van der Waals surface area contributed by atoms with Crippen molar-refractivity contribution in [1.82, 2.24) is 14.7 Å². The Morgan fingerprint density at radius 2 is 1.44 bits per heavy atom. The van der Waals surface area contributed by atoms with Gasteiger partial charge in [-0.2, -0.15) is 5.10 Å². The molecule has 1 aromatic heterocycles. The van der Waals surface area contributed by atoms with Crippen LogP contribution in [0.25, 0.3) is 16.9 Å². The number of anilines is 2. The van der Waals surface area contributed by atoms with Crippen molar-refractivity contribution in [2.45, 2.75) is 19.9 Å². The molecule has 3 aromatic carbocycles. The van der Waals surface area contributed by atoms with Crippen LogP contribution in [0.2, 0.25) is 0 Å². The summed E-state index contributed by atoms with van der Waals surface area (Å²) < 4.78 is 1.70. The predicted molar refractivity (Wildman–Crippen MR) is 135 cm³/mol. The summed E-state index contributed by atoms with van der Waals surface area (Å²) in [5.74, 6) is 0.218. The minimum absolute atomic E-state index is 0.100. The first-order valence-electron chi connectivity index (χ1n) is 11.1. The Bertz CT molecular complexity index is 1240. The van der Waals surface area contributed by atoms with Crippen LogP contribution >= 0.6 is 0 Å². The lowest BCUT2D eigenvalue weighted by atomic mass is 10.1. The molecule has 0 atom stereocenters. The molecule has 2 N–H and O–H groups in total. The van der Waals surface area contributed by atoms with Gasteiger partial charge in [-0.25, -0.2) is 9.48 Å². The molecule has 172 valence electrons. The maximum Gasteiger partial charge on any atom is 0.322 e. The molecule has 4 aromatic rings. The van der Waals surface area contributed by atoms with E-state index in [1.54, 1.807) is 16.8 Å². The molecule has 0 aliphatic carbocycles. The highest BCUT2D eigenvalue weighted by atomic mass is 16.2. The highest BCUT2D eigenvalue weighted by Crippen LogP contribution is 2.24. The number of carbonyl (C=O) groups excluding carboxylic acids is 2. The van der Waals surface area contributed by atoms with Crippen molar-refractivity contribution in [2.24, 2.45) is 0 Å². The third-order valence-electron chi connectivity index (χ3n) is 5.27. The highest BCUT2D eigenvalue weighted by molar-refractivity contribution is 5.97. The van der Waals surface area contributed by atoms with Gasteiger partial charge in [0.1, 0.15) is 12.4 Å². The molecular weight excluding hydrogens is 426 g/mol. The average Bonchev–Trinajstić information content (AvgIpc) is 3.27. The van der Waals surface area contributed by atoms with E-state index in [-0.39, 0.29) is 24.5 Å². The summed E-state index contributed by atoms with van der Waals surface area (Å²) in [6.45, 7) is 3.65. The zero-order valence-electron chi connectivity index (χ0n) is 19.2. The second-order valence-corrected chi connectivity index (χ2v) is 8.09. The van der Waals surface area contributed by atoms with Crippen LogP contribution in [0.5, 0.6) is 0 Å². The zero-order chi connectivity index (χ0) is 23.9. The van der Waals surface area contributed by atoms with E-state index >= 15 is 0 Å². The minimum atomic E-state index is -0.335. The first kappa shape index (κ1) is 22.8. The standard InChI is InChI=1S/C27H27N5O2/c1-20(2)31(27(34)28-22-14-8-4-9-15-22)19-26(33)29-25-18-24(21-12-6-3-7-13-21)30-32(25)23-16-10-5-11-17-23/h3-18,20H,19H2,1-2H3,(H,28,34)(H,29,33). The second-order valence-electron chi connectivity index (χ2n) is 8.09.